The van der Waals surface area contributed by atoms with Crippen LogP contribution < -0.4 is 5.32 Å². The average Bonchev–Trinajstić information content (AvgIpc) is 3.11. The number of rotatable bonds is 4. The van der Waals surface area contributed by atoms with Crippen LogP contribution in [-0.4, -0.2) is 28.0 Å². The van der Waals surface area contributed by atoms with Crippen LogP contribution in [0.4, 0.5) is 4.79 Å². The Labute approximate surface area is 150 Å². The van der Waals surface area contributed by atoms with Gasteiger partial charge in [0, 0.05) is 29.0 Å². The van der Waals surface area contributed by atoms with E-state index in [1.54, 1.807) is 10.7 Å². The van der Waals surface area contributed by atoms with Gasteiger partial charge in [-0.05, 0) is 42.8 Å². The van der Waals surface area contributed by atoms with Gasteiger partial charge in [-0.25, -0.2) is 14.5 Å². The molecular formula is C18H17ClN4O2. The number of aromatic nitrogens is 3. The van der Waals surface area contributed by atoms with Gasteiger partial charge >= 0.3 is 6.09 Å². The number of benzene rings is 1. The standard InChI is InChI=1S/C18H17ClN4O2/c1-12-4-3-5-17(21-12)23-9-8-16(22-23)13-6-7-15(19)14(10-13)11-20-18(24)25-2/h3-10H,11H2,1-2H3,(H,20,24). The van der Waals surface area contributed by atoms with E-state index in [1.807, 2.05) is 49.5 Å². The van der Waals surface area contributed by atoms with Crippen LogP contribution in [0.1, 0.15) is 11.3 Å². The van der Waals surface area contributed by atoms with Crippen molar-refractivity contribution in [3.63, 3.8) is 0 Å². The highest BCUT2D eigenvalue weighted by molar-refractivity contribution is 6.31. The molecule has 2 heterocycles. The Kier molecular flexibility index (Phi) is 5.00. The molecule has 2 aromatic heterocycles. The maximum Gasteiger partial charge on any atom is 0.407 e. The molecule has 0 spiro atoms. The van der Waals surface area contributed by atoms with Crippen LogP contribution in [0.3, 0.4) is 0 Å². The second-order valence-electron chi connectivity index (χ2n) is 5.43. The van der Waals surface area contributed by atoms with E-state index in [4.69, 9.17) is 11.6 Å². The molecular weight excluding hydrogens is 340 g/mol. The molecule has 25 heavy (non-hydrogen) atoms. The summed E-state index contributed by atoms with van der Waals surface area (Å²) in [5.41, 5.74) is 3.40. The number of nitrogens with one attached hydrogen (secondary N) is 1. The summed E-state index contributed by atoms with van der Waals surface area (Å²) in [6.07, 6.45) is 1.36. The summed E-state index contributed by atoms with van der Waals surface area (Å²) in [5.74, 6) is 0.757. The number of alkyl carbamates (subject to hydrolysis) is 1. The fourth-order valence-corrected chi connectivity index (χ4v) is 2.56. The molecule has 0 saturated carbocycles. The highest BCUT2D eigenvalue weighted by atomic mass is 35.5. The minimum atomic E-state index is -0.503. The molecule has 0 aliphatic rings. The highest BCUT2D eigenvalue weighted by Crippen LogP contribution is 2.24. The van der Waals surface area contributed by atoms with Crippen LogP contribution in [0.25, 0.3) is 17.1 Å². The lowest BCUT2D eigenvalue weighted by Gasteiger charge is -2.08. The van der Waals surface area contributed by atoms with Crippen molar-refractivity contribution in [2.45, 2.75) is 13.5 Å². The topological polar surface area (TPSA) is 69.0 Å². The molecule has 3 aromatic rings. The first kappa shape index (κ1) is 17.0. The Morgan fingerprint density at radius 3 is 2.88 bits per heavy atom. The smallest absolute Gasteiger partial charge is 0.407 e. The lowest BCUT2D eigenvalue weighted by molar-refractivity contribution is 0.170. The van der Waals surface area contributed by atoms with Crippen molar-refractivity contribution in [3.05, 3.63) is 64.9 Å². The van der Waals surface area contributed by atoms with Crippen molar-refractivity contribution < 1.29 is 9.53 Å². The van der Waals surface area contributed by atoms with Gasteiger partial charge in [-0.15, -0.1) is 0 Å². The summed E-state index contributed by atoms with van der Waals surface area (Å²) in [6.45, 7) is 2.22. The summed E-state index contributed by atoms with van der Waals surface area (Å²) < 4.78 is 6.30. The first-order valence-corrected chi connectivity index (χ1v) is 8.05. The van der Waals surface area contributed by atoms with Crippen LogP contribution in [0.2, 0.25) is 5.02 Å². The number of amides is 1. The van der Waals surface area contributed by atoms with Crippen LogP contribution in [0.15, 0.2) is 48.7 Å². The number of nitrogens with zero attached hydrogens (tertiary/aromatic N) is 3. The van der Waals surface area contributed by atoms with E-state index in [9.17, 15) is 4.79 Å². The number of hydrogen-bond acceptors (Lipinski definition) is 4. The quantitative estimate of drug-likeness (QED) is 0.773. The Hall–Kier alpha value is -2.86. The zero-order chi connectivity index (χ0) is 17.8. The van der Waals surface area contributed by atoms with Crippen LogP contribution >= 0.6 is 11.6 Å². The van der Waals surface area contributed by atoms with Gasteiger partial charge in [0.25, 0.3) is 0 Å². The number of pyridine rings is 1. The summed E-state index contributed by atoms with van der Waals surface area (Å²) in [6, 6.07) is 13.3. The molecule has 1 N–H and O–H groups in total. The molecule has 1 amide bonds. The number of hydrogen-bond donors (Lipinski definition) is 1. The third-order valence-electron chi connectivity index (χ3n) is 3.65. The molecule has 7 heteroatoms. The van der Waals surface area contributed by atoms with Gasteiger partial charge in [-0.1, -0.05) is 23.7 Å². The normalized spacial score (nSPS) is 10.5. The monoisotopic (exact) mass is 356 g/mol. The molecule has 0 aliphatic heterocycles. The maximum absolute atomic E-state index is 11.2. The molecule has 0 bridgehead atoms. The number of carbonyl (C=O) groups is 1. The zero-order valence-electron chi connectivity index (χ0n) is 13.9. The summed E-state index contributed by atoms with van der Waals surface area (Å²) >= 11 is 6.20. The third kappa shape index (κ3) is 3.97. The second kappa shape index (κ2) is 7.36. The van der Waals surface area contributed by atoms with Gasteiger partial charge in [-0.2, -0.15) is 5.10 Å². The minimum absolute atomic E-state index is 0.277. The Morgan fingerprint density at radius 1 is 1.28 bits per heavy atom. The Morgan fingerprint density at radius 2 is 2.12 bits per heavy atom. The van der Waals surface area contributed by atoms with Crippen molar-refractivity contribution in [1.29, 1.82) is 0 Å². The lowest BCUT2D eigenvalue weighted by Crippen LogP contribution is -2.22. The number of aryl methyl sites for hydroxylation is 1. The van der Waals surface area contributed by atoms with Crippen LogP contribution in [0.5, 0.6) is 0 Å². The number of halogens is 1. The van der Waals surface area contributed by atoms with E-state index >= 15 is 0 Å². The Bertz CT molecular complexity index is 908. The molecule has 0 fully saturated rings. The molecule has 0 atom stereocenters. The van der Waals surface area contributed by atoms with E-state index in [0.29, 0.717) is 5.02 Å². The van der Waals surface area contributed by atoms with E-state index in [2.05, 4.69) is 20.1 Å². The van der Waals surface area contributed by atoms with Crippen molar-refractivity contribution in [3.8, 4) is 17.1 Å². The second-order valence-corrected chi connectivity index (χ2v) is 5.84. The van der Waals surface area contributed by atoms with Gasteiger partial charge < -0.3 is 10.1 Å². The zero-order valence-corrected chi connectivity index (χ0v) is 14.6. The molecule has 6 nitrogen and oxygen atoms in total. The SMILES string of the molecule is COC(=O)NCc1cc(-c2ccn(-c3cccc(C)n3)n2)ccc1Cl. The van der Waals surface area contributed by atoms with E-state index in [0.717, 1.165) is 28.3 Å². The molecule has 1 aromatic carbocycles. The van der Waals surface area contributed by atoms with Gasteiger partial charge in [0.2, 0.25) is 0 Å². The van der Waals surface area contributed by atoms with E-state index in [-0.39, 0.29) is 6.54 Å². The first-order valence-electron chi connectivity index (χ1n) is 7.67. The van der Waals surface area contributed by atoms with E-state index in [1.165, 1.54) is 7.11 Å². The van der Waals surface area contributed by atoms with Gasteiger partial charge in [-0.3, -0.25) is 0 Å². The summed E-state index contributed by atoms with van der Waals surface area (Å²) in [5, 5.41) is 7.77. The molecule has 0 unspecified atom stereocenters. The molecule has 0 radical (unpaired) electrons. The van der Waals surface area contributed by atoms with Crippen molar-refractivity contribution >= 4 is 17.7 Å². The van der Waals surface area contributed by atoms with Gasteiger partial charge in [0.15, 0.2) is 5.82 Å². The fourth-order valence-electron chi connectivity index (χ4n) is 2.37. The minimum Gasteiger partial charge on any atom is -0.453 e. The van der Waals surface area contributed by atoms with Crippen LogP contribution in [0, 0.1) is 6.92 Å². The number of carbonyl (C=O) groups excluding carboxylic acids is 1. The first-order chi connectivity index (χ1) is 12.1. The summed E-state index contributed by atoms with van der Waals surface area (Å²) in [4.78, 5) is 15.7. The van der Waals surface area contributed by atoms with Gasteiger partial charge in [0.1, 0.15) is 0 Å². The van der Waals surface area contributed by atoms with E-state index < -0.39 is 6.09 Å². The van der Waals surface area contributed by atoms with Gasteiger partial charge in [0.05, 0.1) is 12.8 Å². The largest absolute Gasteiger partial charge is 0.453 e. The van der Waals surface area contributed by atoms with Crippen LogP contribution in [-0.2, 0) is 11.3 Å². The molecule has 0 saturated heterocycles. The fraction of sp³-hybridized carbons (Fsp3) is 0.167. The summed E-state index contributed by atoms with van der Waals surface area (Å²) in [7, 11) is 1.32. The number of methoxy groups -OCH3 is 1. The van der Waals surface area contributed by atoms with Crippen molar-refractivity contribution in [2.24, 2.45) is 0 Å². The third-order valence-corrected chi connectivity index (χ3v) is 4.02. The lowest BCUT2D eigenvalue weighted by atomic mass is 10.1. The predicted octanol–water partition coefficient (Wildman–Crippen LogP) is 3.75. The molecule has 0 aliphatic carbocycles. The maximum atomic E-state index is 11.2. The average molecular weight is 357 g/mol. The molecule has 128 valence electrons. The highest BCUT2D eigenvalue weighted by Gasteiger charge is 2.09. The molecule has 3 rings (SSSR count). The van der Waals surface area contributed by atoms with Crippen molar-refractivity contribution in [2.75, 3.05) is 7.11 Å². The van der Waals surface area contributed by atoms with Crippen molar-refractivity contribution in [1.82, 2.24) is 20.1 Å². The predicted molar refractivity (Wildman–Crippen MR) is 95.8 cm³/mol. The number of ether oxygens (including phenoxy) is 1. The Balaban J connectivity index is 1.86.